The van der Waals surface area contributed by atoms with E-state index in [1.807, 2.05) is 7.05 Å². The van der Waals surface area contributed by atoms with Crippen LogP contribution in [0.25, 0.3) is 0 Å². The normalized spacial score (nSPS) is 17.2. The van der Waals surface area contributed by atoms with Crippen molar-refractivity contribution in [3.05, 3.63) is 16.1 Å². The highest BCUT2D eigenvalue weighted by Gasteiger charge is 2.24. The Balaban J connectivity index is 2.15. The van der Waals surface area contributed by atoms with E-state index in [0.717, 1.165) is 38.3 Å². The van der Waals surface area contributed by atoms with Crippen LogP contribution in [-0.2, 0) is 0 Å². The minimum atomic E-state index is 0.426. The van der Waals surface area contributed by atoms with Gasteiger partial charge in [-0.05, 0) is 25.5 Å². The second kappa shape index (κ2) is 6.80. The molecule has 1 aliphatic heterocycles. The fourth-order valence-electron chi connectivity index (χ4n) is 2.60. The van der Waals surface area contributed by atoms with E-state index in [0.29, 0.717) is 21.9 Å². The van der Waals surface area contributed by atoms with Gasteiger partial charge in [0.05, 0.1) is 10.0 Å². The molecule has 0 bridgehead atoms. The van der Waals surface area contributed by atoms with Crippen LogP contribution in [0, 0.1) is 0 Å². The number of likely N-dealkylation sites (tertiary alicyclic amines) is 1. The highest BCUT2D eigenvalue weighted by atomic mass is 35.5. The number of halogens is 2. The summed E-state index contributed by atoms with van der Waals surface area (Å²) in [6.45, 7) is 5.52. The summed E-state index contributed by atoms with van der Waals surface area (Å²) >= 11 is 12.3. The van der Waals surface area contributed by atoms with Crippen LogP contribution in [0.2, 0.25) is 10.0 Å². The summed E-state index contributed by atoms with van der Waals surface area (Å²) < 4.78 is 0. The molecule has 0 radical (unpaired) electrons. The molecule has 1 aromatic heterocycles. The molecule has 0 saturated carbocycles. The molecule has 7 heteroatoms. The number of piperidine rings is 1. The van der Waals surface area contributed by atoms with E-state index in [4.69, 9.17) is 29.0 Å². The molecule has 112 valence electrons. The topological polar surface area (TPSA) is 57.4 Å². The molecule has 1 fully saturated rings. The predicted octanol–water partition coefficient (Wildman–Crippen LogP) is 2.59. The van der Waals surface area contributed by atoms with Crippen LogP contribution in [-0.4, -0.2) is 42.6 Å². The van der Waals surface area contributed by atoms with E-state index in [1.165, 1.54) is 0 Å². The fraction of sp³-hybridized carbons (Fsp3) is 0.615. The van der Waals surface area contributed by atoms with Crippen molar-refractivity contribution in [2.75, 3.05) is 37.0 Å². The molecule has 0 aromatic carbocycles. The molecule has 0 aliphatic carbocycles. The van der Waals surface area contributed by atoms with Gasteiger partial charge in [-0.2, -0.15) is 0 Å². The molecule has 1 saturated heterocycles. The molecule has 0 spiro atoms. The van der Waals surface area contributed by atoms with Crippen LogP contribution in [0.3, 0.4) is 0 Å². The molecular weight excluding hydrogens is 297 g/mol. The molecule has 2 rings (SSSR count). The third-order valence-corrected chi connectivity index (χ3v) is 4.50. The first-order chi connectivity index (χ1) is 9.56. The Hall–Kier alpha value is -0.750. The lowest BCUT2D eigenvalue weighted by atomic mass is 10.0. The monoisotopic (exact) mass is 317 g/mol. The SMILES string of the molecule is CCN1CCC(N(C)c2nc(NN)c(Cl)cc2Cl)CC1. The van der Waals surface area contributed by atoms with Crippen LogP contribution in [0.1, 0.15) is 19.8 Å². The zero-order chi connectivity index (χ0) is 14.7. The molecular formula is C13H21Cl2N5. The Morgan fingerprint density at radius 3 is 2.60 bits per heavy atom. The molecule has 2 heterocycles. The van der Waals surface area contributed by atoms with Gasteiger partial charge in [0, 0.05) is 26.2 Å². The first-order valence-electron chi connectivity index (χ1n) is 6.84. The zero-order valence-corrected chi connectivity index (χ0v) is 13.4. The number of hydrogen-bond donors (Lipinski definition) is 2. The first-order valence-corrected chi connectivity index (χ1v) is 7.60. The second-order valence-electron chi connectivity index (χ2n) is 5.04. The van der Waals surface area contributed by atoms with Crippen molar-refractivity contribution in [3.63, 3.8) is 0 Å². The van der Waals surface area contributed by atoms with Gasteiger partial charge in [-0.15, -0.1) is 0 Å². The summed E-state index contributed by atoms with van der Waals surface area (Å²) in [5.74, 6) is 6.59. The molecule has 1 aliphatic rings. The number of rotatable bonds is 4. The standard InChI is InChI=1S/C13H21Cl2N5/c1-3-20-6-4-9(5-7-20)19(2)13-11(15)8-10(14)12(17-13)18-16/h8-9H,3-7,16H2,1-2H3,(H,17,18). The van der Waals surface area contributed by atoms with Crippen LogP contribution in [0.5, 0.6) is 0 Å². The molecule has 3 N–H and O–H groups in total. The lowest BCUT2D eigenvalue weighted by molar-refractivity contribution is 0.220. The van der Waals surface area contributed by atoms with Crippen molar-refractivity contribution in [2.24, 2.45) is 5.84 Å². The Kier molecular flexibility index (Phi) is 5.32. The average Bonchev–Trinajstić information content (AvgIpc) is 2.47. The van der Waals surface area contributed by atoms with E-state index in [9.17, 15) is 0 Å². The van der Waals surface area contributed by atoms with Gasteiger partial charge in [-0.3, -0.25) is 0 Å². The zero-order valence-electron chi connectivity index (χ0n) is 11.9. The largest absolute Gasteiger partial charge is 0.355 e. The maximum atomic E-state index is 6.26. The van der Waals surface area contributed by atoms with Gasteiger partial charge < -0.3 is 15.2 Å². The summed E-state index contributed by atoms with van der Waals surface area (Å²) in [5, 5.41) is 0.977. The first kappa shape index (κ1) is 15.6. The maximum absolute atomic E-state index is 6.26. The van der Waals surface area contributed by atoms with Crippen molar-refractivity contribution >= 4 is 34.8 Å². The van der Waals surface area contributed by atoms with E-state index >= 15 is 0 Å². The molecule has 0 atom stereocenters. The third kappa shape index (κ3) is 3.28. The van der Waals surface area contributed by atoms with Crippen molar-refractivity contribution in [2.45, 2.75) is 25.8 Å². The van der Waals surface area contributed by atoms with Gasteiger partial charge >= 0.3 is 0 Å². The second-order valence-corrected chi connectivity index (χ2v) is 5.86. The van der Waals surface area contributed by atoms with Crippen molar-refractivity contribution < 1.29 is 0 Å². The van der Waals surface area contributed by atoms with Crippen molar-refractivity contribution in [1.29, 1.82) is 0 Å². The molecule has 20 heavy (non-hydrogen) atoms. The Labute approximate surface area is 130 Å². The van der Waals surface area contributed by atoms with Crippen molar-refractivity contribution in [1.82, 2.24) is 9.88 Å². The maximum Gasteiger partial charge on any atom is 0.161 e. The Bertz CT molecular complexity index is 460. The van der Waals surface area contributed by atoms with E-state index in [1.54, 1.807) is 6.07 Å². The van der Waals surface area contributed by atoms with Gasteiger partial charge in [0.25, 0.3) is 0 Å². The third-order valence-electron chi connectivity index (χ3n) is 3.93. The van der Waals surface area contributed by atoms with E-state index < -0.39 is 0 Å². The summed E-state index contributed by atoms with van der Waals surface area (Å²) in [4.78, 5) is 9.00. The minimum absolute atomic E-state index is 0.426. The van der Waals surface area contributed by atoms with Crippen LogP contribution in [0.15, 0.2) is 6.07 Å². The minimum Gasteiger partial charge on any atom is -0.355 e. The number of hydrazine groups is 1. The summed E-state index contributed by atoms with van der Waals surface area (Å²) in [6, 6.07) is 2.12. The Morgan fingerprint density at radius 1 is 1.40 bits per heavy atom. The highest BCUT2D eigenvalue weighted by molar-refractivity contribution is 6.37. The summed E-state index contributed by atoms with van der Waals surface area (Å²) in [7, 11) is 2.02. The van der Waals surface area contributed by atoms with Gasteiger partial charge in [-0.1, -0.05) is 30.1 Å². The number of nitrogens with one attached hydrogen (secondary N) is 1. The summed E-state index contributed by atoms with van der Waals surface area (Å²) in [6.07, 6.45) is 2.22. The number of anilines is 2. The quantitative estimate of drug-likeness (QED) is 0.660. The number of nitrogens with two attached hydrogens (primary N) is 1. The van der Waals surface area contributed by atoms with Crippen LogP contribution < -0.4 is 16.2 Å². The molecule has 0 unspecified atom stereocenters. The predicted molar refractivity (Wildman–Crippen MR) is 85.6 cm³/mol. The molecule has 5 nitrogen and oxygen atoms in total. The van der Waals surface area contributed by atoms with E-state index in [2.05, 4.69) is 27.1 Å². The van der Waals surface area contributed by atoms with Gasteiger partial charge in [0.1, 0.15) is 5.82 Å². The lowest BCUT2D eigenvalue weighted by Gasteiger charge is -2.37. The number of nitrogen functional groups attached to an aromatic ring is 1. The van der Waals surface area contributed by atoms with E-state index in [-0.39, 0.29) is 0 Å². The number of pyridine rings is 1. The van der Waals surface area contributed by atoms with Gasteiger partial charge in [0.2, 0.25) is 0 Å². The fourth-order valence-corrected chi connectivity index (χ4v) is 3.15. The lowest BCUT2D eigenvalue weighted by Crippen LogP contribution is -2.43. The average molecular weight is 318 g/mol. The molecule has 0 amide bonds. The number of nitrogens with zero attached hydrogens (tertiary/aromatic N) is 3. The summed E-state index contributed by atoms with van der Waals surface area (Å²) in [5.41, 5.74) is 2.50. The molecule has 1 aromatic rings. The van der Waals surface area contributed by atoms with Gasteiger partial charge in [-0.25, -0.2) is 10.8 Å². The number of hydrogen-bond acceptors (Lipinski definition) is 5. The number of aromatic nitrogens is 1. The van der Waals surface area contributed by atoms with Crippen LogP contribution >= 0.6 is 23.2 Å². The van der Waals surface area contributed by atoms with Crippen LogP contribution in [0.4, 0.5) is 11.6 Å². The Morgan fingerprint density at radius 2 is 2.05 bits per heavy atom. The van der Waals surface area contributed by atoms with Crippen molar-refractivity contribution in [3.8, 4) is 0 Å². The highest BCUT2D eigenvalue weighted by Crippen LogP contribution is 2.32. The smallest absolute Gasteiger partial charge is 0.161 e. The van der Waals surface area contributed by atoms with Gasteiger partial charge in [0.15, 0.2) is 5.82 Å².